The van der Waals surface area contributed by atoms with Crippen LogP contribution in [-0.2, 0) is 0 Å². The molecule has 5 heteroatoms. The molecule has 2 atom stereocenters. The van der Waals surface area contributed by atoms with Gasteiger partial charge in [0.2, 0.25) is 0 Å². The topological polar surface area (TPSA) is 61.8 Å². The lowest BCUT2D eigenvalue weighted by atomic mass is 10.0. The molecule has 1 aliphatic heterocycles. The molecule has 2 N–H and O–H groups in total. The standard InChI is InChI=1S/C17H24N2O3/c1-22-15-8-6-13(7-9-15)16(12-4-5-12)18-17(21)19-10-2-3-14(19)11-20/h6-9,12,14,16,20H,2-5,10-11H2,1H3,(H,18,21). The molecule has 0 bridgehead atoms. The van der Waals surface area contributed by atoms with E-state index in [4.69, 9.17) is 4.74 Å². The minimum atomic E-state index is -0.0516. The van der Waals surface area contributed by atoms with Gasteiger partial charge in [0.05, 0.1) is 25.8 Å². The highest BCUT2D eigenvalue weighted by molar-refractivity contribution is 5.75. The molecule has 1 saturated carbocycles. The number of ether oxygens (including phenoxy) is 1. The van der Waals surface area contributed by atoms with Gasteiger partial charge < -0.3 is 20.1 Å². The lowest BCUT2D eigenvalue weighted by Gasteiger charge is -2.27. The normalized spacial score (nSPS) is 22.5. The van der Waals surface area contributed by atoms with E-state index in [-0.39, 0.29) is 24.7 Å². The second-order valence-corrected chi connectivity index (χ2v) is 6.21. The highest BCUT2D eigenvalue weighted by atomic mass is 16.5. The fourth-order valence-corrected chi connectivity index (χ4v) is 3.22. The summed E-state index contributed by atoms with van der Waals surface area (Å²) in [5.41, 5.74) is 1.12. The van der Waals surface area contributed by atoms with Crippen molar-refractivity contribution in [2.24, 2.45) is 5.92 Å². The van der Waals surface area contributed by atoms with Crippen molar-refractivity contribution in [3.8, 4) is 5.75 Å². The second kappa shape index (κ2) is 6.57. The number of nitrogens with zero attached hydrogens (tertiary/aromatic N) is 1. The van der Waals surface area contributed by atoms with Crippen LogP contribution in [0.3, 0.4) is 0 Å². The van der Waals surface area contributed by atoms with Crippen LogP contribution in [-0.4, -0.2) is 42.3 Å². The quantitative estimate of drug-likeness (QED) is 0.877. The summed E-state index contributed by atoms with van der Waals surface area (Å²) in [6.45, 7) is 0.779. The van der Waals surface area contributed by atoms with E-state index in [0.29, 0.717) is 5.92 Å². The fraction of sp³-hybridized carbons (Fsp3) is 0.588. The molecule has 2 aliphatic rings. The van der Waals surface area contributed by atoms with Gasteiger partial charge in [0.25, 0.3) is 0 Å². The maximum Gasteiger partial charge on any atom is 0.318 e. The Morgan fingerprint density at radius 2 is 2.09 bits per heavy atom. The number of urea groups is 1. The fourth-order valence-electron chi connectivity index (χ4n) is 3.22. The van der Waals surface area contributed by atoms with Gasteiger partial charge in [0.15, 0.2) is 0 Å². The average Bonchev–Trinajstić information content (AvgIpc) is 3.28. The van der Waals surface area contributed by atoms with Gasteiger partial charge in [-0.2, -0.15) is 0 Å². The van der Waals surface area contributed by atoms with Gasteiger partial charge in [-0.15, -0.1) is 0 Å². The van der Waals surface area contributed by atoms with Gasteiger partial charge in [-0.1, -0.05) is 12.1 Å². The van der Waals surface area contributed by atoms with Crippen molar-refractivity contribution in [2.45, 2.75) is 37.8 Å². The monoisotopic (exact) mass is 304 g/mol. The maximum atomic E-state index is 12.5. The average molecular weight is 304 g/mol. The predicted molar refractivity (Wildman–Crippen MR) is 83.8 cm³/mol. The first-order chi connectivity index (χ1) is 10.7. The van der Waals surface area contributed by atoms with E-state index in [1.807, 2.05) is 24.3 Å². The largest absolute Gasteiger partial charge is 0.497 e. The molecule has 1 aromatic rings. The zero-order chi connectivity index (χ0) is 15.5. The van der Waals surface area contributed by atoms with E-state index in [2.05, 4.69) is 5.32 Å². The van der Waals surface area contributed by atoms with E-state index in [9.17, 15) is 9.90 Å². The zero-order valence-corrected chi connectivity index (χ0v) is 13.0. The molecule has 3 rings (SSSR count). The SMILES string of the molecule is COc1ccc(C(NC(=O)N2CCCC2CO)C2CC2)cc1. The van der Waals surface area contributed by atoms with E-state index >= 15 is 0 Å². The van der Waals surface area contributed by atoms with Gasteiger partial charge >= 0.3 is 6.03 Å². The summed E-state index contributed by atoms with van der Waals surface area (Å²) >= 11 is 0. The second-order valence-electron chi connectivity index (χ2n) is 6.21. The van der Waals surface area contributed by atoms with Crippen LogP contribution in [0.25, 0.3) is 0 Å². The number of hydrogen-bond acceptors (Lipinski definition) is 3. The Morgan fingerprint density at radius 1 is 1.36 bits per heavy atom. The van der Waals surface area contributed by atoms with Crippen molar-refractivity contribution in [3.63, 3.8) is 0 Å². The highest BCUT2D eigenvalue weighted by Gasteiger charge is 2.36. The van der Waals surface area contributed by atoms with Crippen molar-refractivity contribution < 1.29 is 14.6 Å². The molecule has 1 heterocycles. The smallest absolute Gasteiger partial charge is 0.318 e. The molecule has 5 nitrogen and oxygen atoms in total. The molecule has 0 spiro atoms. The van der Waals surface area contributed by atoms with Crippen LogP contribution >= 0.6 is 0 Å². The molecule has 1 saturated heterocycles. The number of hydrogen-bond donors (Lipinski definition) is 2. The van der Waals surface area contributed by atoms with Crippen LogP contribution in [0.5, 0.6) is 5.75 Å². The summed E-state index contributed by atoms with van der Waals surface area (Å²) in [5.74, 6) is 1.34. The number of aliphatic hydroxyl groups excluding tert-OH is 1. The lowest BCUT2D eigenvalue weighted by Crippen LogP contribution is -2.45. The number of likely N-dealkylation sites (tertiary alicyclic amines) is 1. The van der Waals surface area contributed by atoms with Crippen molar-refractivity contribution in [1.29, 1.82) is 0 Å². The third kappa shape index (κ3) is 3.19. The van der Waals surface area contributed by atoms with Crippen molar-refractivity contribution in [2.75, 3.05) is 20.3 Å². The van der Waals surface area contributed by atoms with Crippen LogP contribution in [0.15, 0.2) is 24.3 Å². The molecule has 120 valence electrons. The molecule has 2 amide bonds. The third-order valence-electron chi connectivity index (χ3n) is 4.70. The Morgan fingerprint density at radius 3 is 2.68 bits per heavy atom. The Balaban J connectivity index is 1.70. The first-order valence-corrected chi connectivity index (χ1v) is 8.05. The first kappa shape index (κ1) is 15.2. The summed E-state index contributed by atoms with van der Waals surface area (Å²) in [5, 5.41) is 12.6. The van der Waals surface area contributed by atoms with Crippen LogP contribution in [0, 0.1) is 5.92 Å². The highest BCUT2D eigenvalue weighted by Crippen LogP contribution is 2.41. The maximum absolute atomic E-state index is 12.5. The summed E-state index contributed by atoms with van der Waals surface area (Å²) in [6.07, 6.45) is 4.16. The Hall–Kier alpha value is -1.75. The van der Waals surface area contributed by atoms with Crippen LogP contribution in [0.1, 0.15) is 37.3 Å². The molecule has 22 heavy (non-hydrogen) atoms. The summed E-state index contributed by atoms with van der Waals surface area (Å²) in [4.78, 5) is 14.3. The lowest BCUT2D eigenvalue weighted by molar-refractivity contribution is 0.153. The van der Waals surface area contributed by atoms with Gasteiger partial charge in [0, 0.05) is 6.54 Å². The van der Waals surface area contributed by atoms with Gasteiger partial charge in [-0.25, -0.2) is 4.79 Å². The van der Waals surface area contributed by atoms with Crippen LogP contribution < -0.4 is 10.1 Å². The summed E-state index contributed by atoms with van der Waals surface area (Å²) in [7, 11) is 1.65. The van der Waals surface area contributed by atoms with E-state index < -0.39 is 0 Å². The number of amides is 2. The first-order valence-electron chi connectivity index (χ1n) is 8.05. The number of methoxy groups -OCH3 is 1. The van der Waals surface area contributed by atoms with Gasteiger partial charge in [-0.05, 0) is 49.3 Å². The summed E-state index contributed by atoms with van der Waals surface area (Å²) in [6, 6.07) is 7.89. The minimum Gasteiger partial charge on any atom is -0.497 e. The van der Waals surface area contributed by atoms with Crippen LogP contribution in [0.2, 0.25) is 0 Å². The minimum absolute atomic E-state index is 0.0317. The Bertz CT molecular complexity index is 513. The van der Waals surface area contributed by atoms with Gasteiger partial charge in [-0.3, -0.25) is 0 Å². The number of carbonyl (C=O) groups is 1. The predicted octanol–water partition coefficient (Wildman–Crippen LogP) is 2.31. The van der Waals surface area contributed by atoms with Crippen molar-refractivity contribution in [3.05, 3.63) is 29.8 Å². The van der Waals surface area contributed by atoms with Crippen LogP contribution in [0.4, 0.5) is 4.79 Å². The van der Waals surface area contributed by atoms with Crippen molar-refractivity contribution in [1.82, 2.24) is 10.2 Å². The number of benzene rings is 1. The Kier molecular flexibility index (Phi) is 4.52. The molecule has 1 aliphatic carbocycles. The molecular formula is C17H24N2O3. The molecular weight excluding hydrogens is 280 g/mol. The number of aliphatic hydroxyl groups is 1. The van der Waals surface area contributed by atoms with Crippen molar-refractivity contribution >= 4 is 6.03 Å². The number of rotatable bonds is 5. The zero-order valence-electron chi connectivity index (χ0n) is 13.0. The van der Waals surface area contributed by atoms with E-state index in [1.54, 1.807) is 12.0 Å². The number of nitrogens with one attached hydrogen (secondary N) is 1. The molecule has 0 radical (unpaired) electrons. The van der Waals surface area contributed by atoms with E-state index in [0.717, 1.165) is 43.5 Å². The molecule has 2 unspecified atom stereocenters. The van der Waals surface area contributed by atoms with E-state index in [1.165, 1.54) is 0 Å². The van der Waals surface area contributed by atoms with Gasteiger partial charge in [0.1, 0.15) is 5.75 Å². The molecule has 0 aromatic heterocycles. The molecule has 2 fully saturated rings. The Labute approximate surface area is 131 Å². The number of carbonyl (C=O) groups excluding carboxylic acids is 1. The third-order valence-corrected chi connectivity index (χ3v) is 4.70. The summed E-state index contributed by atoms with van der Waals surface area (Å²) < 4.78 is 5.19. The molecule has 1 aromatic carbocycles.